The van der Waals surface area contributed by atoms with E-state index in [-0.39, 0.29) is 22.5 Å². The molecular formula is C29H28F2N8O3. The molecule has 4 N–H and O–H groups in total. The predicted molar refractivity (Wildman–Crippen MR) is 157 cm³/mol. The molecule has 2 fully saturated rings. The van der Waals surface area contributed by atoms with Gasteiger partial charge in [0.1, 0.15) is 11.2 Å². The number of carboxylic acids is 1. The maximum absolute atomic E-state index is 15.7. The first-order valence-corrected chi connectivity index (χ1v) is 13.7. The van der Waals surface area contributed by atoms with E-state index in [9.17, 15) is 19.1 Å². The molecule has 0 saturated carbocycles. The molecule has 2 atom stereocenters. The number of aromatic nitrogens is 4. The van der Waals surface area contributed by atoms with Crippen molar-refractivity contribution in [3.63, 3.8) is 0 Å². The van der Waals surface area contributed by atoms with E-state index in [0.717, 1.165) is 25.5 Å². The Balaban J connectivity index is 1.57. The number of carbonyl (C=O) groups is 1. The number of anilines is 2. The van der Waals surface area contributed by atoms with Crippen LogP contribution in [0.25, 0.3) is 44.1 Å². The van der Waals surface area contributed by atoms with Crippen molar-refractivity contribution in [1.82, 2.24) is 24.5 Å². The summed E-state index contributed by atoms with van der Waals surface area (Å²) in [5.41, 5.74) is 4.97. The van der Waals surface area contributed by atoms with E-state index in [1.54, 1.807) is 32.6 Å². The van der Waals surface area contributed by atoms with Crippen LogP contribution < -0.4 is 21.1 Å². The Morgan fingerprint density at radius 3 is 2.62 bits per heavy atom. The molecule has 2 aliphatic heterocycles. The second kappa shape index (κ2) is 9.38. The third-order valence-corrected chi connectivity index (χ3v) is 8.80. The van der Waals surface area contributed by atoms with Crippen molar-refractivity contribution in [3.05, 3.63) is 58.1 Å². The van der Waals surface area contributed by atoms with Crippen LogP contribution >= 0.6 is 0 Å². The van der Waals surface area contributed by atoms with Gasteiger partial charge in [-0.05, 0) is 26.0 Å². The Hall–Kier alpha value is -4.78. The number of pyridine rings is 3. The van der Waals surface area contributed by atoms with E-state index >= 15 is 4.39 Å². The van der Waals surface area contributed by atoms with E-state index in [4.69, 9.17) is 0 Å². The second-order valence-corrected chi connectivity index (χ2v) is 10.8. The first-order valence-electron chi connectivity index (χ1n) is 13.7. The monoisotopic (exact) mass is 574 g/mol. The molecule has 13 heteroatoms. The third-order valence-electron chi connectivity index (χ3n) is 8.80. The molecule has 6 heterocycles. The zero-order valence-corrected chi connectivity index (χ0v) is 23.1. The van der Waals surface area contributed by atoms with E-state index in [1.807, 2.05) is 0 Å². The summed E-state index contributed by atoms with van der Waals surface area (Å²) in [7, 11) is 5.33. The van der Waals surface area contributed by atoms with E-state index in [0.29, 0.717) is 51.6 Å². The molecule has 0 aliphatic carbocycles. The van der Waals surface area contributed by atoms with Crippen molar-refractivity contribution < 1.29 is 18.7 Å². The van der Waals surface area contributed by atoms with Crippen molar-refractivity contribution in [2.75, 3.05) is 49.9 Å². The van der Waals surface area contributed by atoms with Crippen molar-refractivity contribution in [2.45, 2.75) is 24.9 Å². The number of nitrogens with zero attached hydrogens (tertiary/aromatic N) is 5. The number of hydrogen-bond acceptors (Lipinski definition) is 8. The minimum absolute atomic E-state index is 0.0907. The van der Waals surface area contributed by atoms with Gasteiger partial charge in [-0.2, -0.15) is 0 Å². The van der Waals surface area contributed by atoms with E-state index in [1.165, 1.54) is 10.9 Å². The lowest BCUT2D eigenvalue weighted by Crippen LogP contribution is -2.35. The van der Waals surface area contributed by atoms with Crippen LogP contribution in [0.4, 0.5) is 20.2 Å². The molecule has 2 saturated heterocycles. The summed E-state index contributed by atoms with van der Waals surface area (Å²) in [4.78, 5) is 42.0. The molecule has 7 rings (SSSR count). The van der Waals surface area contributed by atoms with Gasteiger partial charge in [0.2, 0.25) is 5.43 Å². The van der Waals surface area contributed by atoms with Crippen LogP contribution in [0.2, 0.25) is 0 Å². The zero-order valence-electron chi connectivity index (χ0n) is 23.1. The largest absolute Gasteiger partial charge is 0.477 e. The number of aromatic amines is 1. The number of H-pyrrole nitrogens is 1. The lowest BCUT2D eigenvalue weighted by Gasteiger charge is -2.29. The predicted octanol–water partition coefficient (Wildman–Crippen LogP) is 3.57. The second-order valence-electron chi connectivity index (χ2n) is 10.8. The summed E-state index contributed by atoms with van der Waals surface area (Å²) >= 11 is 0. The Bertz CT molecular complexity index is 2010. The number of likely N-dealkylation sites (N-methyl/N-ethyl adjacent to an activating group) is 1. The quantitative estimate of drug-likeness (QED) is 0.249. The van der Waals surface area contributed by atoms with Crippen molar-refractivity contribution in [2.24, 2.45) is 0 Å². The molecule has 1 aromatic carbocycles. The van der Waals surface area contributed by atoms with Crippen molar-refractivity contribution >= 4 is 50.3 Å². The number of fused-ring (bicyclic) bond motifs is 5. The number of hydrogen-bond donors (Lipinski definition) is 4. The molecule has 4 aromatic heterocycles. The van der Waals surface area contributed by atoms with Crippen LogP contribution in [0.5, 0.6) is 0 Å². The summed E-state index contributed by atoms with van der Waals surface area (Å²) in [6.45, 7) is 1.60. The SMILES string of the molecule is CNc1cc(F)c(F)c2c1[nH]c1ncc(-c3cnc4c(c3)c(=O)c(C(=O)O)cn4NC)c(N3CCC4[C@H]3CCN4C)c12. The Morgan fingerprint density at radius 1 is 1.10 bits per heavy atom. The van der Waals surface area contributed by atoms with Crippen LogP contribution in [-0.2, 0) is 0 Å². The molecule has 42 heavy (non-hydrogen) atoms. The summed E-state index contributed by atoms with van der Waals surface area (Å²) in [6.07, 6.45) is 6.23. The molecule has 1 unspecified atom stereocenters. The van der Waals surface area contributed by atoms with Crippen LogP contribution in [0.15, 0.2) is 35.5 Å². The fraction of sp³-hybridized carbons (Fsp3) is 0.310. The Kier molecular flexibility index (Phi) is 5.84. The number of benzene rings is 1. The number of halogens is 2. The topological polar surface area (TPSA) is 131 Å². The van der Waals surface area contributed by atoms with Gasteiger partial charge in [0, 0.05) is 75.1 Å². The smallest absolute Gasteiger partial charge is 0.341 e. The van der Waals surface area contributed by atoms with Gasteiger partial charge in [-0.1, -0.05) is 0 Å². The Labute approximate surface area is 237 Å². The standard InChI is InChI=1S/C29H28F2N8O3/c1-32-18-9-17(30)23(31)21-22-25(38-7-5-19-20(38)4-6-37(19)3)15(11-34-27(22)36-24(18)21)13-8-14-26(40)16(29(41)42)12-39(33-2)28(14)35-10-13/h8-12,19-20,32-33H,4-7H2,1-3H3,(H,34,36)(H,41,42)/t19?,20-/m1/s1. The highest BCUT2D eigenvalue weighted by Gasteiger charge is 2.42. The summed E-state index contributed by atoms with van der Waals surface area (Å²) in [5.74, 6) is -3.32. The molecule has 0 amide bonds. The fourth-order valence-electron chi connectivity index (χ4n) is 6.81. The van der Waals surface area contributed by atoms with Gasteiger partial charge >= 0.3 is 5.97 Å². The van der Waals surface area contributed by atoms with Crippen molar-refractivity contribution in [3.8, 4) is 11.1 Å². The number of nitrogens with one attached hydrogen (secondary N) is 3. The minimum atomic E-state index is -1.36. The highest BCUT2D eigenvalue weighted by molar-refractivity contribution is 6.18. The molecule has 0 spiro atoms. The van der Waals surface area contributed by atoms with Gasteiger partial charge in [-0.15, -0.1) is 0 Å². The van der Waals surface area contributed by atoms with Gasteiger partial charge in [-0.25, -0.2) is 28.2 Å². The number of aromatic carboxylic acids is 1. The maximum Gasteiger partial charge on any atom is 0.341 e. The number of rotatable bonds is 5. The summed E-state index contributed by atoms with van der Waals surface area (Å²) in [6, 6.07) is 3.15. The maximum atomic E-state index is 15.7. The van der Waals surface area contributed by atoms with Gasteiger partial charge in [0.15, 0.2) is 17.3 Å². The molecule has 0 radical (unpaired) electrons. The molecule has 216 valence electrons. The molecule has 5 aromatic rings. The Morgan fingerprint density at radius 2 is 1.88 bits per heavy atom. The zero-order chi connectivity index (χ0) is 29.4. The summed E-state index contributed by atoms with van der Waals surface area (Å²) < 4.78 is 32.0. The average Bonchev–Trinajstić information content (AvgIpc) is 3.69. The van der Waals surface area contributed by atoms with Crippen LogP contribution in [-0.4, -0.2) is 81.9 Å². The normalized spacial score (nSPS) is 18.8. The fourth-order valence-corrected chi connectivity index (χ4v) is 6.81. The molecule has 0 bridgehead atoms. The van der Waals surface area contributed by atoms with Crippen molar-refractivity contribution in [1.29, 1.82) is 0 Å². The van der Waals surface area contributed by atoms with Gasteiger partial charge < -0.3 is 30.6 Å². The van der Waals surface area contributed by atoms with E-state index < -0.39 is 28.6 Å². The third kappa shape index (κ3) is 3.59. The minimum Gasteiger partial charge on any atom is -0.477 e. The highest BCUT2D eigenvalue weighted by atomic mass is 19.2. The van der Waals surface area contributed by atoms with Gasteiger partial charge in [0.05, 0.1) is 33.1 Å². The van der Waals surface area contributed by atoms with Crippen LogP contribution in [0, 0.1) is 11.6 Å². The number of likely N-dealkylation sites (tertiary alicyclic amines) is 1. The van der Waals surface area contributed by atoms with Crippen LogP contribution in [0.3, 0.4) is 0 Å². The van der Waals surface area contributed by atoms with Crippen LogP contribution in [0.1, 0.15) is 23.2 Å². The average molecular weight is 575 g/mol. The summed E-state index contributed by atoms with van der Waals surface area (Å²) in [5, 5.41) is 13.2. The molecular weight excluding hydrogens is 546 g/mol. The molecule has 2 aliphatic rings. The highest BCUT2D eigenvalue weighted by Crippen LogP contribution is 2.46. The lowest BCUT2D eigenvalue weighted by molar-refractivity contribution is 0.0695. The lowest BCUT2D eigenvalue weighted by atomic mass is 10.00. The van der Waals surface area contributed by atoms with E-state index in [2.05, 4.69) is 42.5 Å². The van der Waals surface area contributed by atoms with Gasteiger partial charge in [0.25, 0.3) is 0 Å². The number of carboxylic acid groups (broad SMARTS) is 1. The van der Waals surface area contributed by atoms with Gasteiger partial charge in [-0.3, -0.25) is 4.79 Å². The molecule has 11 nitrogen and oxygen atoms in total. The first kappa shape index (κ1) is 26.1. The first-order chi connectivity index (χ1) is 20.2.